The predicted octanol–water partition coefficient (Wildman–Crippen LogP) is 4.22. The van der Waals surface area contributed by atoms with Gasteiger partial charge in [-0.05, 0) is 74.1 Å². The van der Waals surface area contributed by atoms with Crippen LogP contribution in [0.2, 0.25) is 0 Å². The molecule has 2 aliphatic carbocycles. The summed E-state index contributed by atoms with van der Waals surface area (Å²) < 4.78 is 13.0. The zero-order valence-electron chi connectivity index (χ0n) is 20.3. The molecule has 1 heterocycles. The van der Waals surface area contributed by atoms with Crippen LogP contribution in [-0.2, 0) is 9.59 Å². The first-order valence-corrected chi connectivity index (χ1v) is 13.1. The van der Waals surface area contributed by atoms with Crippen molar-refractivity contribution in [1.82, 2.24) is 4.90 Å². The molecule has 8 heteroatoms. The number of halogens is 1. The van der Waals surface area contributed by atoms with Crippen molar-refractivity contribution in [2.75, 3.05) is 18.5 Å². The Morgan fingerprint density at radius 3 is 2.26 bits per heavy atom. The van der Waals surface area contributed by atoms with Crippen LogP contribution in [0.15, 0.2) is 24.3 Å². The first-order valence-electron chi connectivity index (χ1n) is 13.1. The number of hydrogen-bond donors (Lipinski definition) is 3. The minimum absolute atomic E-state index is 0.0388. The fourth-order valence-corrected chi connectivity index (χ4v) is 6.52. The van der Waals surface area contributed by atoms with E-state index in [1.807, 2.05) is 0 Å². The van der Waals surface area contributed by atoms with E-state index in [-0.39, 0.29) is 35.1 Å². The summed E-state index contributed by atoms with van der Waals surface area (Å²) in [6, 6.07) is 5.14. The maximum absolute atomic E-state index is 13.6. The van der Waals surface area contributed by atoms with Gasteiger partial charge in [-0.3, -0.25) is 9.59 Å². The SMILES string of the molecule is N[C@H](CF)C1CCC(C(=O)N2CC[C@@H](C3CCCCC3)[C@H]2C(=O)Nc2ccc(C(=O)O)cc2)CC1. The number of carbonyl (C=O) groups excluding carboxylic acids is 2. The highest BCUT2D eigenvalue weighted by Crippen LogP contribution is 2.41. The van der Waals surface area contributed by atoms with Gasteiger partial charge in [0.15, 0.2) is 0 Å². The zero-order chi connectivity index (χ0) is 24.9. The third kappa shape index (κ3) is 5.85. The van der Waals surface area contributed by atoms with E-state index in [2.05, 4.69) is 5.32 Å². The van der Waals surface area contributed by atoms with Gasteiger partial charge in [0.1, 0.15) is 12.7 Å². The first kappa shape index (κ1) is 25.6. The van der Waals surface area contributed by atoms with Crippen molar-refractivity contribution < 1.29 is 23.9 Å². The van der Waals surface area contributed by atoms with Gasteiger partial charge in [0.25, 0.3) is 0 Å². The molecule has 0 radical (unpaired) electrons. The lowest BCUT2D eigenvalue weighted by Gasteiger charge is -2.36. The molecule has 2 amide bonds. The molecule has 7 nitrogen and oxygen atoms in total. The second-order valence-electron chi connectivity index (χ2n) is 10.6. The number of nitrogens with one attached hydrogen (secondary N) is 1. The van der Waals surface area contributed by atoms with E-state index in [0.717, 1.165) is 32.1 Å². The normalized spacial score (nSPS) is 28.5. The summed E-state index contributed by atoms with van der Waals surface area (Å²) in [6.07, 6.45) is 9.43. The molecule has 35 heavy (non-hydrogen) atoms. The molecule has 4 rings (SSSR count). The van der Waals surface area contributed by atoms with Crippen molar-refractivity contribution in [3.63, 3.8) is 0 Å². The molecular formula is C27H38FN3O4. The van der Waals surface area contributed by atoms with Gasteiger partial charge >= 0.3 is 5.97 Å². The Bertz CT molecular complexity index is 894. The average Bonchev–Trinajstić information content (AvgIpc) is 3.34. The van der Waals surface area contributed by atoms with Crippen LogP contribution in [0.3, 0.4) is 0 Å². The summed E-state index contributed by atoms with van der Waals surface area (Å²) in [5, 5.41) is 12.1. The van der Waals surface area contributed by atoms with Crippen molar-refractivity contribution in [1.29, 1.82) is 0 Å². The van der Waals surface area contributed by atoms with Crippen LogP contribution >= 0.6 is 0 Å². The summed E-state index contributed by atoms with van der Waals surface area (Å²) in [7, 11) is 0. The summed E-state index contributed by atoms with van der Waals surface area (Å²) in [5.74, 6) is -0.632. The van der Waals surface area contributed by atoms with E-state index in [1.54, 1.807) is 17.0 Å². The number of rotatable bonds is 7. The molecule has 2 saturated carbocycles. The minimum Gasteiger partial charge on any atom is -0.478 e. The van der Waals surface area contributed by atoms with Crippen molar-refractivity contribution >= 4 is 23.5 Å². The molecule has 0 bridgehead atoms. The Morgan fingerprint density at radius 1 is 1.00 bits per heavy atom. The van der Waals surface area contributed by atoms with E-state index in [0.29, 0.717) is 31.0 Å². The van der Waals surface area contributed by atoms with Crippen LogP contribution in [0, 0.1) is 23.7 Å². The number of aromatic carboxylic acids is 1. The average molecular weight is 488 g/mol. The number of carboxylic acid groups (broad SMARTS) is 1. The van der Waals surface area contributed by atoms with Crippen LogP contribution in [0.5, 0.6) is 0 Å². The summed E-state index contributed by atoms with van der Waals surface area (Å²) >= 11 is 0. The Morgan fingerprint density at radius 2 is 1.66 bits per heavy atom. The highest BCUT2D eigenvalue weighted by atomic mass is 19.1. The molecule has 1 aromatic carbocycles. The smallest absolute Gasteiger partial charge is 0.335 e. The van der Waals surface area contributed by atoms with Crippen LogP contribution in [-0.4, -0.2) is 53.1 Å². The molecule has 3 aliphatic rings. The molecule has 1 aromatic rings. The highest BCUT2D eigenvalue weighted by Gasteiger charge is 2.46. The van der Waals surface area contributed by atoms with Crippen LogP contribution < -0.4 is 11.1 Å². The minimum atomic E-state index is -1.02. The maximum Gasteiger partial charge on any atom is 0.335 e. The molecule has 1 aliphatic heterocycles. The van der Waals surface area contributed by atoms with Crippen LogP contribution in [0.1, 0.15) is 74.6 Å². The fraction of sp³-hybridized carbons (Fsp3) is 0.667. The number of amides is 2. The number of hydrogen-bond acceptors (Lipinski definition) is 4. The lowest BCUT2D eigenvalue weighted by atomic mass is 9.76. The zero-order valence-corrected chi connectivity index (χ0v) is 20.3. The van der Waals surface area contributed by atoms with Gasteiger partial charge in [-0.25, -0.2) is 9.18 Å². The van der Waals surface area contributed by atoms with Gasteiger partial charge in [-0.2, -0.15) is 0 Å². The van der Waals surface area contributed by atoms with Crippen molar-refractivity contribution in [2.45, 2.75) is 76.3 Å². The lowest BCUT2D eigenvalue weighted by molar-refractivity contribution is -0.142. The number of carboxylic acids is 1. The molecule has 4 N–H and O–H groups in total. The topological polar surface area (TPSA) is 113 Å². The van der Waals surface area contributed by atoms with Gasteiger partial charge in [-0.1, -0.05) is 32.1 Å². The van der Waals surface area contributed by atoms with E-state index in [4.69, 9.17) is 10.8 Å². The molecule has 1 saturated heterocycles. The van der Waals surface area contributed by atoms with Crippen molar-refractivity contribution in [2.24, 2.45) is 29.4 Å². The third-order valence-corrected chi connectivity index (χ3v) is 8.56. The summed E-state index contributed by atoms with van der Waals surface area (Å²) in [4.78, 5) is 40.2. The van der Waals surface area contributed by atoms with Gasteiger partial charge < -0.3 is 21.1 Å². The maximum atomic E-state index is 13.6. The third-order valence-electron chi connectivity index (χ3n) is 8.56. The Balaban J connectivity index is 1.48. The van der Waals surface area contributed by atoms with Gasteiger partial charge in [0.2, 0.25) is 11.8 Å². The predicted molar refractivity (Wildman–Crippen MR) is 132 cm³/mol. The number of anilines is 1. The molecule has 3 atom stereocenters. The van der Waals surface area contributed by atoms with E-state index in [9.17, 15) is 18.8 Å². The molecular weight excluding hydrogens is 449 g/mol. The largest absolute Gasteiger partial charge is 0.478 e. The van der Waals surface area contributed by atoms with E-state index in [1.165, 1.54) is 31.4 Å². The van der Waals surface area contributed by atoms with Crippen LogP contribution in [0.4, 0.5) is 10.1 Å². The molecule has 192 valence electrons. The second kappa shape index (κ2) is 11.5. The summed E-state index contributed by atoms with van der Waals surface area (Å²) in [6.45, 7) is 0.0497. The van der Waals surface area contributed by atoms with Crippen molar-refractivity contribution in [3.8, 4) is 0 Å². The molecule has 0 aromatic heterocycles. The second-order valence-corrected chi connectivity index (χ2v) is 10.6. The number of benzene rings is 1. The van der Waals surface area contributed by atoms with Gasteiger partial charge in [-0.15, -0.1) is 0 Å². The van der Waals surface area contributed by atoms with Gasteiger partial charge in [0, 0.05) is 24.2 Å². The number of nitrogens with two attached hydrogens (primary N) is 1. The van der Waals surface area contributed by atoms with Crippen LogP contribution in [0.25, 0.3) is 0 Å². The Labute approximate surface area is 206 Å². The first-order chi connectivity index (χ1) is 16.9. The fourth-order valence-electron chi connectivity index (χ4n) is 6.52. The highest BCUT2D eigenvalue weighted by molar-refractivity contribution is 5.98. The quantitative estimate of drug-likeness (QED) is 0.533. The standard InChI is InChI=1S/C27H38FN3O4/c28-16-23(29)18-6-8-19(9-7-18)26(33)31-15-14-22(17-4-2-1-3-5-17)24(31)25(32)30-21-12-10-20(11-13-21)27(34)35/h10-13,17-19,22-24H,1-9,14-16,29H2,(H,30,32)(H,34,35)/t18?,19?,22-,23+,24-/m0/s1. The summed E-state index contributed by atoms with van der Waals surface area (Å²) in [5.41, 5.74) is 6.58. The Kier molecular flexibility index (Phi) is 8.42. The monoisotopic (exact) mass is 487 g/mol. The number of carbonyl (C=O) groups is 3. The van der Waals surface area contributed by atoms with Crippen molar-refractivity contribution in [3.05, 3.63) is 29.8 Å². The Hall–Kier alpha value is -2.48. The molecule has 0 unspecified atom stereocenters. The molecule has 3 fully saturated rings. The van der Waals surface area contributed by atoms with E-state index >= 15 is 0 Å². The van der Waals surface area contributed by atoms with Gasteiger partial charge in [0.05, 0.1) is 5.56 Å². The number of nitrogens with zero attached hydrogens (tertiary/aromatic N) is 1. The van der Waals surface area contributed by atoms with E-state index < -0.39 is 24.7 Å². The number of alkyl halides is 1. The lowest BCUT2D eigenvalue weighted by Crippen LogP contribution is -2.50. The molecule has 0 spiro atoms. The number of likely N-dealkylation sites (tertiary alicyclic amines) is 1.